The molecule has 0 aliphatic carbocycles. The zero-order chi connectivity index (χ0) is 12.0. The highest BCUT2D eigenvalue weighted by Gasteiger charge is 2.18. The number of aliphatic hydroxyl groups excluding tert-OH is 2. The zero-order valence-electron chi connectivity index (χ0n) is 9.26. The highest BCUT2D eigenvalue weighted by Crippen LogP contribution is 2.07. The van der Waals surface area contributed by atoms with Crippen LogP contribution in [0.3, 0.4) is 0 Å². The van der Waals surface area contributed by atoms with Crippen molar-refractivity contribution in [1.29, 1.82) is 0 Å². The van der Waals surface area contributed by atoms with E-state index in [-0.39, 0.29) is 25.3 Å². The summed E-state index contributed by atoms with van der Waals surface area (Å²) >= 11 is 0. The second kappa shape index (κ2) is 6.44. The van der Waals surface area contributed by atoms with E-state index in [1.807, 2.05) is 0 Å². The molecule has 0 radical (unpaired) electrons. The van der Waals surface area contributed by atoms with Crippen LogP contribution in [0.15, 0.2) is 0 Å². The Bertz CT molecular complexity index is 231. The molecule has 92 valence electrons. The largest absolute Gasteiger partial charge is 0.376 e. The van der Waals surface area contributed by atoms with Crippen molar-refractivity contribution in [1.82, 2.24) is 9.80 Å². The number of amides is 2. The van der Waals surface area contributed by atoms with E-state index in [4.69, 9.17) is 10.2 Å². The summed E-state index contributed by atoms with van der Waals surface area (Å²) in [7, 11) is 0. The molecule has 0 unspecified atom stereocenters. The van der Waals surface area contributed by atoms with Gasteiger partial charge in [0.05, 0.1) is 0 Å². The molecule has 2 aliphatic rings. The summed E-state index contributed by atoms with van der Waals surface area (Å²) < 4.78 is 0. The summed E-state index contributed by atoms with van der Waals surface area (Å²) in [6.07, 6.45) is 3.03. The third-order valence-corrected chi connectivity index (χ3v) is 2.68. The Morgan fingerprint density at radius 2 is 1.25 bits per heavy atom. The molecule has 0 spiro atoms. The van der Waals surface area contributed by atoms with E-state index in [1.165, 1.54) is 9.80 Å². The van der Waals surface area contributed by atoms with Gasteiger partial charge >= 0.3 is 0 Å². The number of nitrogens with zero attached hydrogens (tertiary/aromatic N) is 2. The van der Waals surface area contributed by atoms with Crippen LogP contribution < -0.4 is 0 Å². The molecule has 2 amide bonds. The molecule has 0 bridgehead atoms. The van der Waals surface area contributed by atoms with Crippen LogP contribution in [0.4, 0.5) is 0 Å². The number of rotatable bonds is 2. The first kappa shape index (κ1) is 12.9. The van der Waals surface area contributed by atoms with Gasteiger partial charge in [0.25, 0.3) is 0 Å². The van der Waals surface area contributed by atoms with Crippen molar-refractivity contribution in [3.63, 3.8) is 0 Å². The minimum absolute atomic E-state index is 0.0764. The quantitative estimate of drug-likeness (QED) is 0.645. The Morgan fingerprint density at radius 1 is 0.875 bits per heavy atom. The summed E-state index contributed by atoms with van der Waals surface area (Å²) in [5, 5.41) is 16.9. The second-order valence-electron chi connectivity index (χ2n) is 3.80. The fraction of sp³-hybridized carbons (Fsp3) is 0.800. The molecule has 2 N–H and O–H groups in total. The Morgan fingerprint density at radius 3 is 1.38 bits per heavy atom. The highest BCUT2D eigenvalue weighted by molar-refractivity contribution is 5.78. The standard InChI is InChI=1S/2C5H9NO2/c2*7-4-6-3-1-2-5(6)8/h2*7H,1-4H2. The van der Waals surface area contributed by atoms with E-state index in [0.29, 0.717) is 12.8 Å². The van der Waals surface area contributed by atoms with Gasteiger partial charge in [-0.3, -0.25) is 9.59 Å². The van der Waals surface area contributed by atoms with Gasteiger partial charge in [0.2, 0.25) is 11.8 Å². The normalized spacial score (nSPS) is 20.1. The molecule has 0 saturated carbocycles. The third-order valence-electron chi connectivity index (χ3n) is 2.68. The van der Waals surface area contributed by atoms with Crippen molar-refractivity contribution in [2.45, 2.75) is 25.7 Å². The Balaban J connectivity index is 0.000000160. The molecular formula is C10H18N2O4. The predicted molar refractivity (Wildman–Crippen MR) is 56.1 cm³/mol. The number of carbonyl (C=O) groups is 2. The number of hydrogen-bond donors (Lipinski definition) is 2. The van der Waals surface area contributed by atoms with Gasteiger partial charge in [-0.25, -0.2) is 0 Å². The first-order valence-electron chi connectivity index (χ1n) is 5.46. The molecule has 2 saturated heterocycles. The van der Waals surface area contributed by atoms with Crippen molar-refractivity contribution in [2.24, 2.45) is 0 Å². The van der Waals surface area contributed by atoms with Crippen LogP contribution in [0.1, 0.15) is 25.7 Å². The van der Waals surface area contributed by atoms with Crippen LogP contribution in [0.2, 0.25) is 0 Å². The van der Waals surface area contributed by atoms with Crippen molar-refractivity contribution in [3.05, 3.63) is 0 Å². The minimum Gasteiger partial charge on any atom is -0.376 e. The molecule has 2 rings (SSSR count). The molecule has 16 heavy (non-hydrogen) atoms. The Labute approximate surface area is 94.4 Å². The lowest BCUT2D eigenvalue weighted by molar-refractivity contribution is -0.131. The van der Waals surface area contributed by atoms with E-state index in [0.717, 1.165) is 25.9 Å². The summed E-state index contributed by atoms with van der Waals surface area (Å²) in [6.45, 7) is 1.24. The average molecular weight is 230 g/mol. The first-order chi connectivity index (χ1) is 7.69. The van der Waals surface area contributed by atoms with Crippen LogP contribution in [-0.2, 0) is 9.59 Å². The van der Waals surface area contributed by atoms with Gasteiger partial charge in [-0.2, -0.15) is 0 Å². The van der Waals surface area contributed by atoms with Gasteiger partial charge in [0.15, 0.2) is 0 Å². The van der Waals surface area contributed by atoms with Gasteiger partial charge in [0.1, 0.15) is 13.5 Å². The lowest BCUT2D eigenvalue weighted by Gasteiger charge is -2.08. The van der Waals surface area contributed by atoms with E-state index in [2.05, 4.69) is 0 Å². The zero-order valence-corrected chi connectivity index (χ0v) is 9.26. The van der Waals surface area contributed by atoms with Crippen LogP contribution >= 0.6 is 0 Å². The lowest BCUT2D eigenvalue weighted by atomic mass is 10.4. The van der Waals surface area contributed by atoms with Crippen LogP contribution in [0, 0.1) is 0 Å². The van der Waals surface area contributed by atoms with Crippen molar-refractivity contribution >= 4 is 11.8 Å². The number of carbonyl (C=O) groups excluding carboxylic acids is 2. The predicted octanol–water partition coefficient (Wildman–Crippen LogP) is -0.883. The average Bonchev–Trinajstić information content (AvgIpc) is 2.87. The molecule has 2 heterocycles. The molecule has 0 aromatic heterocycles. The van der Waals surface area contributed by atoms with E-state index in [9.17, 15) is 9.59 Å². The van der Waals surface area contributed by atoms with Crippen LogP contribution in [0.5, 0.6) is 0 Å². The lowest BCUT2D eigenvalue weighted by Crippen LogP contribution is -2.24. The number of hydrogen-bond acceptors (Lipinski definition) is 4. The molecule has 6 heteroatoms. The molecule has 2 aliphatic heterocycles. The Kier molecular flexibility index (Phi) is 5.21. The molecule has 0 aromatic rings. The number of likely N-dealkylation sites (tertiary alicyclic amines) is 2. The molecule has 0 aromatic carbocycles. The maximum atomic E-state index is 10.6. The fourth-order valence-electron chi connectivity index (χ4n) is 1.71. The van der Waals surface area contributed by atoms with Crippen molar-refractivity contribution < 1.29 is 19.8 Å². The van der Waals surface area contributed by atoms with Crippen LogP contribution in [0.25, 0.3) is 0 Å². The van der Waals surface area contributed by atoms with Gasteiger partial charge in [-0.05, 0) is 12.8 Å². The Hall–Kier alpha value is -1.14. The first-order valence-corrected chi connectivity index (χ1v) is 5.46. The topological polar surface area (TPSA) is 81.1 Å². The maximum Gasteiger partial charge on any atom is 0.224 e. The fourth-order valence-corrected chi connectivity index (χ4v) is 1.71. The monoisotopic (exact) mass is 230 g/mol. The summed E-state index contributed by atoms with van der Waals surface area (Å²) in [5.74, 6) is 0.153. The smallest absolute Gasteiger partial charge is 0.224 e. The number of aliphatic hydroxyl groups is 2. The van der Waals surface area contributed by atoms with Gasteiger partial charge < -0.3 is 20.0 Å². The van der Waals surface area contributed by atoms with Gasteiger partial charge in [0, 0.05) is 25.9 Å². The third kappa shape index (κ3) is 3.46. The van der Waals surface area contributed by atoms with Crippen LogP contribution in [-0.4, -0.2) is 58.4 Å². The SMILES string of the molecule is O=C1CCCN1CO.O=C1CCCN1CO. The van der Waals surface area contributed by atoms with Gasteiger partial charge in [-0.15, -0.1) is 0 Å². The highest BCUT2D eigenvalue weighted by atomic mass is 16.3. The van der Waals surface area contributed by atoms with E-state index in [1.54, 1.807) is 0 Å². The van der Waals surface area contributed by atoms with Gasteiger partial charge in [-0.1, -0.05) is 0 Å². The van der Waals surface area contributed by atoms with Crippen molar-refractivity contribution in [3.8, 4) is 0 Å². The molecule has 0 atom stereocenters. The van der Waals surface area contributed by atoms with E-state index < -0.39 is 0 Å². The van der Waals surface area contributed by atoms with E-state index >= 15 is 0 Å². The summed E-state index contributed by atoms with van der Waals surface area (Å²) in [4.78, 5) is 24.0. The summed E-state index contributed by atoms with van der Waals surface area (Å²) in [6, 6.07) is 0. The molecular weight excluding hydrogens is 212 g/mol. The molecule has 6 nitrogen and oxygen atoms in total. The second-order valence-corrected chi connectivity index (χ2v) is 3.80. The molecule has 2 fully saturated rings. The van der Waals surface area contributed by atoms with Crippen molar-refractivity contribution in [2.75, 3.05) is 26.6 Å². The maximum absolute atomic E-state index is 10.6. The summed E-state index contributed by atoms with van der Waals surface area (Å²) in [5.41, 5.74) is 0. The minimum atomic E-state index is -0.112.